The van der Waals surface area contributed by atoms with Gasteiger partial charge in [-0.2, -0.15) is 5.21 Å². The third-order valence-electron chi connectivity index (χ3n) is 4.77. The number of tetrazole rings is 1. The Hall–Kier alpha value is -3.41. The molecule has 0 saturated carbocycles. The van der Waals surface area contributed by atoms with E-state index in [9.17, 15) is 19.7 Å². The number of nitrogens with zero attached hydrogens (tertiary/aromatic N) is 5. The molecule has 0 amide bonds. The van der Waals surface area contributed by atoms with E-state index in [1.54, 1.807) is 0 Å². The van der Waals surface area contributed by atoms with E-state index in [-0.39, 0.29) is 17.1 Å². The number of benzene rings is 1. The van der Waals surface area contributed by atoms with Crippen molar-refractivity contribution in [3.05, 3.63) is 53.8 Å². The van der Waals surface area contributed by atoms with Crippen molar-refractivity contribution in [2.75, 3.05) is 13.6 Å². The normalized spacial score (nSPS) is 16.1. The number of rotatable bonds is 5. The summed E-state index contributed by atoms with van der Waals surface area (Å²) in [5.74, 6) is 0.683. The summed E-state index contributed by atoms with van der Waals surface area (Å²) >= 11 is 0. The van der Waals surface area contributed by atoms with E-state index in [0.29, 0.717) is 48.4 Å². The van der Waals surface area contributed by atoms with Crippen molar-refractivity contribution in [1.82, 2.24) is 35.5 Å². The first-order valence-electron chi connectivity index (χ1n) is 8.28. The Bertz CT molecular complexity index is 1130. The van der Waals surface area contributed by atoms with Crippen LogP contribution in [0.1, 0.15) is 17.0 Å². The number of hydrogen-bond acceptors (Lipinski definition) is 8. The third kappa shape index (κ3) is 3.10. The molecule has 1 unspecified atom stereocenters. The third-order valence-corrected chi connectivity index (χ3v) is 4.77. The number of nitro groups is 1. The van der Waals surface area contributed by atoms with Gasteiger partial charge in [-0.1, -0.05) is 5.21 Å². The molecule has 2 aromatic heterocycles. The van der Waals surface area contributed by atoms with Gasteiger partial charge in [-0.15, -0.1) is 10.2 Å². The van der Waals surface area contributed by atoms with E-state index in [1.165, 1.54) is 6.07 Å². The highest BCUT2D eigenvalue weighted by Gasteiger charge is 2.32. The Kier molecular flexibility index (Phi) is 4.03. The molecule has 0 bridgehead atoms. The maximum absolute atomic E-state index is 11.7. The predicted octanol–water partition coefficient (Wildman–Crippen LogP) is -0.516. The van der Waals surface area contributed by atoms with E-state index in [2.05, 4.69) is 30.6 Å². The molecule has 4 rings (SSSR count). The van der Waals surface area contributed by atoms with Gasteiger partial charge in [-0.05, 0) is 31.4 Å². The minimum atomic E-state index is -0.828. The molecule has 2 heterocycles. The van der Waals surface area contributed by atoms with Gasteiger partial charge in [-0.3, -0.25) is 24.6 Å². The summed E-state index contributed by atoms with van der Waals surface area (Å²) in [6.07, 6.45) is 1.07. The summed E-state index contributed by atoms with van der Waals surface area (Å²) in [6.45, 7) is 1.16. The van der Waals surface area contributed by atoms with Gasteiger partial charge in [0.05, 0.1) is 22.5 Å². The van der Waals surface area contributed by atoms with Crippen LogP contribution in [-0.4, -0.2) is 54.0 Å². The van der Waals surface area contributed by atoms with Crippen molar-refractivity contribution < 1.29 is 4.92 Å². The number of nitro benzene ring substituents is 1. The summed E-state index contributed by atoms with van der Waals surface area (Å²) in [6, 6.07) is 1.32. The summed E-state index contributed by atoms with van der Waals surface area (Å²) in [5.41, 5.74) is 0.416. The molecule has 0 aliphatic heterocycles. The fourth-order valence-electron chi connectivity index (χ4n) is 3.75. The second-order valence-electron chi connectivity index (χ2n) is 6.74. The average Bonchev–Trinajstić information content (AvgIpc) is 3.25. The lowest BCUT2D eigenvalue weighted by Crippen LogP contribution is -2.29. The van der Waals surface area contributed by atoms with E-state index in [4.69, 9.17) is 0 Å². The largest absolute Gasteiger partial charge is 0.316 e. The predicted molar refractivity (Wildman–Crippen MR) is 93.3 cm³/mol. The molecule has 0 radical (unpaired) electrons. The molecule has 1 atom stereocenters. The zero-order valence-corrected chi connectivity index (χ0v) is 14.4. The van der Waals surface area contributed by atoms with Crippen molar-refractivity contribution in [2.45, 2.75) is 19.4 Å². The van der Waals surface area contributed by atoms with Crippen LogP contribution in [0, 0.1) is 16.0 Å². The number of aromatic nitrogens is 6. The second kappa shape index (κ2) is 6.39. The highest BCUT2D eigenvalue weighted by Crippen LogP contribution is 2.37. The fourth-order valence-corrected chi connectivity index (χ4v) is 3.75. The number of aromatic amines is 3. The molecule has 140 valence electrons. The van der Waals surface area contributed by atoms with Crippen LogP contribution in [-0.2, 0) is 19.4 Å². The van der Waals surface area contributed by atoms with Gasteiger partial charge in [-0.25, -0.2) is 0 Å². The number of H-pyrrole nitrogens is 3. The van der Waals surface area contributed by atoms with Gasteiger partial charge < -0.3 is 9.97 Å². The standard InChI is InChI=1S/C15H16N8O4/c1-22(6-12-18-20-21-19-12)5-7-2-8-9(3-7)13-10(4-11(8)23(26)27)16-14(24)15(25)17-13/h4,7H,2-3,5-6H2,1H3,(H,16,24)(H,17,25)(H,18,19,20,21). The molecular formula is C15H16N8O4. The van der Waals surface area contributed by atoms with Crippen LogP contribution in [0.2, 0.25) is 0 Å². The van der Waals surface area contributed by atoms with E-state index < -0.39 is 16.0 Å². The average molecular weight is 372 g/mol. The molecule has 12 nitrogen and oxygen atoms in total. The van der Waals surface area contributed by atoms with E-state index in [1.807, 2.05) is 11.9 Å². The van der Waals surface area contributed by atoms with Gasteiger partial charge in [0.25, 0.3) is 5.69 Å². The number of hydrogen-bond donors (Lipinski definition) is 3. The zero-order chi connectivity index (χ0) is 19.1. The van der Waals surface area contributed by atoms with Gasteiger partial charge in [0.1, 0.15) is 0 Å². The lowest BCUT2D eigenvalue weighted by molar-refractivity contribution is -0.385. The molecule has 1 aliphatic carbocycles. The van der Waals surface area contributed by atoms with Crippen LogP contribution in [0.3, 0.4) is 0 Å². The van der Waals surface area contributed by atoms with Gasteiger partial charge in [0, 0.05) is 18.2 Å². The monoisotopic (exact) mass is 372 g/mol. The highest BCUT2D eigenvalue weighted by atomic mass is 16.6. The molecule has 0 fully saturated rings. The van der Waals surface area contributed by atoms with Crippen LogP contribution in [0.5, 0.6) is 0 Å². The Morgan fingerprint density at radius 3 is 2.70 bits per heavy atom. The first kappa shape index (κ1) is 17.0. The smallest absolute Gasteiger partial charge is 0.314 e. The second-order valence-corrected chi connectivity index (χ2v) is 6.74. The quantitative estimate of drug-likeness (QED) is 0.306. The molecule has 0 spiro atoms. The van der Waals surface area contributed by atoms with Gasteiger partial charge in [0.15, 0.2) is 5.82 Å². The van der Waals surface area contributed by atoms with E-state index in [0.717, 1.165) is 0 Å². The first-order valence-corrected chi connectivity index (χ1v) is 8.28. The number of fused-ring (bicyclic) bond motifs is 3. The van der Waals surface area contributed by atoms with Gasteiger partial charge in [0.2, 0.25) is 0 Å². The summed E-state index contributed by atoms with van der Waals surface area (Å²) in [7, 11) is 1.91. The maximum Gasteiger partial charge on any atom is 0.314 e. The first-order chi connectivity index (χ1) is 12.9. The molecular weight excluding hydrogens is 356 g/mol. The lowest BCUT2D eigenvalue weighted by Gasteiger charge is -2.18. The molecule has 12 heteroatoms. The minimum Gasteiger partial charge on any atom is -0.316 e. The summed E-state index contributed by atoms with van der Waals surface area (Å²) in [4.78, 5) is 41.4. The van der Waals surface area contributed by atoms with Crippen molar-refractivity contribution in [3.8, 4) is 0 Å². The Morgan fingerprint density at radius 1 is 1.26 bits per heavy atom. The van der Waals surface area contributed by atoms with Crippen molar-refractivity contribution in [1.29, 1.82) is 0 Å². The topological polar surface area (TPSA) is 167 Å². The Morgan fingerprint density at radius 2 is 2.00 bits per heavy atom. The summed E-state index contributed by atoms with van der Waals surface area (Å²) < 4.78 is 0. The van der Waals surface area contributed by atoms with Crippen molar-refractivity contribution in [2.24, 2.45) is 5.92 Å². The van der Waals surface area contributed by atoms with Crippen LogP contribution in [0.15, 0.2) is 15.7 Å². The molecule has 1 aromatic carbocycles. The maximum atomic E-state index is 11.7. The van der Waals surface area contributed by atoms with Crippen LogP contribution in [0.4, 0.5) is 5.69 Å². The zero-order valence-electron chi connectivity index (χ0n) is 14.4. The molecule has 3 N–H and O–H groups in total. The Balaban J connectivity index is 1.67. The van der Waals surface area contributed by atoms with Crippen LogP contribution in [0.25, 0.3) is 11.0 Å². The Labute approximate surface area is 150 Å². The van der Waals surface area contributed by atoms with Crippen LogP contribution < -0.4 is 11.1 Å². The SMILES string of the molecule is CN(Cc1nn[nH]n1)CC1Cc2c([N+](=O)[O-])cc3[nH]c(=O)c(=O)[nH]c3c2C1. The number of nitrogens with one attached hydrogen (secondary N) is 3. The van der Waals surface area contributed by atoms with Gasteiger partial charge >= 0.3 is 11.1 Å². The molecule has 3 aromatic rings. The van der Waals surface area contributed by atoms with Crippen molar-refractivity contribution >= 4 is 16.7 Å². The van der Waals surface area contributed by atoms with Crippen molar-refractivity contribution in [3.63, 3.8) is 0 Å². The fraction of sp³-hybridized carbons (Fsp3) is 0.400. The van der Waals surface area contributed by atoms with E-state index >= 15 is 0 Å². The van der Waals surface area contributed by atoms with Crippen LogP contribution >= 0.6 is 0 Å². The molecule has 1 aliphatic rings. The molecule has 0 saturated heterocycles. The lowest BCUT2D eigenvalue weighted by atomic mass is 10.1. The minimum absolute atomic E-state index is 0.0384. The summed E-state index contributed by atoms with van der Waals surface area (Å²) in [5, 5.41) is 25.2. The molecule has 27 heavy (non-hydrogen) atoms. The highest BCUT2D eigenvalue weighted by molar-refractivity contribution is 5.83.